The Balaban J connectivity index is 1.87. The average molecular weight is 325 g/mol. The van der Waals surface area contributed by atoms with E-state index in [4.69, 9.17) is 9.84 Å². The van der Waals surface area contributed by atoms with Crippen molar-refractivity contribution in [2.24, 2.45) is 0 Å². The van der Waals surface area contributed by atoms with Gasteiger partial charge in [-0.2, -0.15) is 0 Å². The Bertz CT molecular complexity index is 724. The van der Waals surface area contributed by atoms with Crippen LogP contribution in [0.25, 0.3) is 0 Å². The third kappa shape index (κ3) is 3.37. The molecule has 0 aromatic heterocycles. The SMILES string of the molecule is CCc1ccc2c(c1)N(Cc1ccc(C(=O)O)cc1)CC(CC)O2. The number of rotatable bonds is 5. The molecule has 0 radical (unpaired) electrons. The molecule has 1 heterocycles. The Morgan fingerprint density at radius 3 is 2.50 bits per heavy atom. The van der Waals surface area contributed by atoms with E-state index in [0.717, 1.165) is 42.9 Å². The first-order chi connectivity index (χ1) is 11.6. The molecule has 1 unspecified atom stereocenters. The topological polar surface area (TPSA) is 49.8 Å². The van der Waals surface area contributed by atoms with Gasteiger partial charge in [0.15, 0.2) is 0 Å². The molecule has 4 heteroatoms. The molecule has 0 spiro atoms. The molecule has 0 saturated carbocycles. The van der Waals surface area contributed by atoms with Crippen molar-refractivity contribution < 1.29 is 14.6 Å². The number of carboxylic acids is 1. The molecule has 2 aromatic rings. The molecule has 0 saturated heterocycles. The lowest BCUT2D eigenvalue weighted by Gasteiger charge is -2.36. The van der Waals surface area contributed by atoms with E-state index in [9.17, 15) is 4.79 Å². The van der Waals surface area contributed by atoms with E-state index in [2.05, 4.69) is 36.9 Å². The number of aryl methyl sites for hydroxylation is 1. The Kier molecular flexibility index (Phi) is 4.74. The Morgan fingerprint density at radius 1 is 1.17 bits per heavy atom. The minimum Gasteiger partial charge on any atom is -0.486 e. The number of aromatic carboxylic acids is 1. The van der Waals surface area contributed by atoms with Crippen LogP contribution in [0.1, 0.15) is 41.8 Å². The number of hydrogen-bond acceptors (Lipinski definition) is 3. The third-order valence-electron chi connectivity index (χ3n) is 4.52. The zero-order chi connectivity index (χ0) is 17.1. The molecule has 2 aromatic carbocycles. The molecule has 0 aliphatic carbocycles. The summed E-state index contributed by atoms with van der Waals surface area (Å²) < 4.78 is 6.08. The first-order valence-corrected chi connectivity index (χ1v) is 8.47. The van der Waals surface area contributed by atoms with Gasteiger partial charge in [0.25, 0.3) is 0 Å². The molecule has 0 bridgehead atoms. The number of fused-ring (bicyclic) bond motifs is 1. The summed E-state index contributed by atoms with van der Waals surface area (Å²) >= 11 is 0. The quantitative estimate of drug-likeness (QED) is 0.898. The Morgan fingerprint density at radius 2 is 1.88 bits per heavy atom. The second kappa shape index (κ2) is 6.95. The summed E-state index contributed by atoms with van der Waals surface area (Å²) in [5.41, 5.74) is 3.84. The molecule has 1 N–H and O–H groups in total. The number of anilines is 1. The lowest BCUT2D eigenvalue weighted by molar-refractivity contribution is 0.0697. The van der Waals surface area contributed by atoms with Gasteiger partial charge in [0.1, 0.15) is 11.9 Å². The first kappa shape index (κ1) is 16.4. The minimum absolute atomic E-state index is 0.184. The summed E-state index contributed by atoms with van der Waals surface area (Å²) in [4.78, 5) is 13.3. The van der Waals surface area contributed by atoms with Crippen molar-refractivity contribution in [2.45, 2.75) is 39.3 Å². The predicted molar refractivity (Wildman–Crippen MR) is 95.0 cm³/mol. The zero-order valence-corrected chi connectivity index (χ0v) is 14.2. The molecule has 3 rings (SSSR count). The summed E-state index contributed by atoms with van der Waals surface area (Å²) in [6.07, 6.45) is 2.14. The predicted octanol–water partition coefficient (Wildman–Crippen LogP) is 4.12. The van der Waals surface area contributed by atoms with Gasteiger partial charge in [-0.3, -0.25) is 0 Å². The van der Waals surface area contributed by atoms with E-state index in [1.54, 1.807) is 12.1 Å². The first-order valence-electron chi connectivity index (χ1n) is 8.47. The van der Waals surface area contributed by atoms with Crippen LogP contribution >= 0.6 is 0 Å². The minimum atomic E-state index is -0.892. The standard InChI is InChI=1S/C20H23NO3/c1-3-14-7-10-19-18(11-14)21(13-17(4-2)24-19)12-15-5-8-16(9-6-15)20(22)23/h5-11,17H,3-4,12-13H2,1-2H3,(H,22,23). The Labute approximate surface area is 142 Å². The molecule has 1 aliphatic rings. The summed E-state index contributed by atoms with van der Waals surface area (Å²) in [6.45, 7) is 5.88. The summed E-state index contributed by atoms with van der Waals surface area (Å²) in [5, 5.41) is 9.02. The van der Waals surface area contributed by atoms with Gasteiger partial charge in [-0.25, -0.2) is 4.79 Å². The molecule has 4 nitrogen and oxygen atoms in total. The zero-order valence-electron chi connectivity index (χ0n) is 14.2. The van der Waals surface area contributed by atoms with Crippen molar-refractivity contribution in [3.8, 4) is 5.75 Å². The number of benzene rings is 2. The van der Waals surface area contributed by atoms with Crippen molar-refractivity contribution in [3.05, 3.63) is 59.2 Å². The molecule has 0 amide bonds. The van der Waals surface area contributed by atoms with Gasteiger partial charge in [-0.05, 0) is 48.2 Å². The van der Waals surface area contributed by atoms with Crippen LogP contribution in [0.4, 0.5) is 5.69 Å². The smallest absolute Gasteiger partial charge is 0.335 e. The van der Waals surface area contributed by atoms with Crippen molar-refractivity contribution >= 4 is 11.7 Å². The number of ether oxygens (including phenoxy) is 1. The normalized spacial score (nSPS) is 16.4. The summed E-state index contributed by atoms with van der Waals surface area (Å²) in [7, 11) is 0. The van der Waals surface area contributed by atoms with Crippen LogP contribution in [0.15, 0.2) is 42.5 Å². The van der Waals surface area contributed by atoms with Gasteiger partial charge in [0, 0.05) is 6.54 Å². The Hall–Kier alpha value is -2.49. The molecular formula is C20H23NO3. The van der Waals surface area contributed by atoms with Gasteiger partial charge >= 0.3 is 5.97 Å². The molecule has 126 valence electrons. The third-order valence-corrected chi connectivity index (χ3v) is 4.52. The maximum atomic E-state index is 11.0. The van der Waals surface area contributed by atoms with Gasteiger partial charge < -0.3 is 14.7 Å². The van der Waals surface area contributed by atoms with E-state index in [1.165, 1.54) is 5.56 Å². The highest BCUT2D eigenvalue weighted by Crippen LogP contribution is 2.36. The van der Waals surface area contributed by atoms with E-state index in [1.807, 2.05) is 12.1 Å². The lowest BCUT2D eigenvalue weighted by Crippen LogP contribution is -2.39. The summed E-state index contributed by atoms with van der Waals surface area (Å²) in [6, 6.07) is 13.5. The van der Waals surface area contributed by atoms with Crippen molar-refractivity contribution in [1.82, 2.24) is 0 Å². The number of carboxylic acid groups (broad SMARTS) is 1. The fourth-order valence-electron chi connectivity index (χ4n) is 3.03. The van der Waals surface area contributed by atoms with Gasteiger partial charge in [-0.15, -0.1) is 0 Å². The highest BCUT2D eigenvalue weighted by atomic mass is 16.5. The maximum absolute atomic E-state index is 11.0. The largest absolute Gasteiger partial charge is 0.486 e. The van der Waals surface area contributed by atoms with Crippen LogP contribution in [-0.2, 0) is 13.0 Å². The van der Waals surface area contributed by atoms with E-state index in [-0.39, 0.29) is 6.10 Å². The molecule has 0 fully saturated rings. The van der Waals surface area contributed by atoms with Crippen molar-refractivity contribution in [3.63, 3.8) is 0 Å². The van der Waals surface area contributed by atoms with Crippen LogP contribution in [0.2, 0.25) is 0 Å². The van der Waals surface area contributed by atoms with Crippen LogP contribution in [0.3, 0.4) is 0 Å². The number of nitrogens with zero attached hydrogens (tertiary/aromatic N) is 1. The van der Waals surface area contributed by atoms with Gasteiger partial charge in [0.2, 0.25) is 0 Å². The molecule has 1 aliphatic heterocycles. The van der Waals surface area contributed by atoms with Gasteiger partial charge in [-0.1, -0.05) is 32.0 Å². The van der Waals surface area contributed by atoms with Crippen LogP contribution in [0.5, 0.6) is 5.75 Å². The van der Waals surface area contributed by atoms with Gasteiger partial charge in [0.05, 0.1) is 17.8 Å². The van der Waals surface area contributed by atoms with E-state index in [0.29, 0.717) is 5.56 Å². The molecule has 1 atom stereocenters. The summed E-state index contributed by atoms with van der Waals surface area (Å²) in [5.74, 6) is 0.0457. The second-order valence-electron chi connectivity index (χ2n) is 6.19. The van der Waals surface area contributed by atoms with Crippen LogP contribution in [0, 0.1) is 0 Å². The van der Waals surface area contributed by atoms with Crippen molar-refractivity contribution in [1.29, 1.82) is 0 Å². The fourth-order valence-corrected chi connectivity index (χ4v) is 3.03. The lowest BCUT2D eigenvalue weighted by atomic mass is 10.1. The number of hydrogen-bond donors (Lipinski definition) is 1. The van der Waals surface area contributed by atoms with E-state index >= 15 is 0 Å². The fraction of sp³-hybridized carbons (Fsp3) is 0.350. The molecule has 24 heavy (non-hydrogen) atoms. The monoisotopic (exact) mass is 325 g/mol. The van der Waals surface area contributed by atoms with Crippen LogP contribution in [-0.4, -0.2) is 23.7 Å². The molecular weight excluding hydrogens is 302 g/mol. The highest BCUT2D eigenvalue weighted by molar-refractivity contribution is 5.87. The second-order valence-corrected chi connectivity index (χ2v) is 6.19. The van der Waals surface area contributed by atoms with Crippen molar-refractivity contribution in [2.75, 3.05) is 11.4 Å². The van der Waals surface area contributed by atoms with E-state index < -0.39 is 5.97 Å². The highest BCUT2D eigenvalue weighted by Gasteiger charge is 2.25. The average Bonchev–Trinajstić information content (AvgIpc) is 2.61. The maximum Gasteiger partial charge on any atom is 0.335 e. The number of carbonyl (C=O) groups is 1. The van der Waals surface area contributed by atoms with Crippen LogP contribution < -0.4 is 9.64 Å².